The standard InChI is InChI=1S/C15H26N2O/c1-15(2)7-4-13(5-8-15)17(3)11-14-12(10-16)6-9-18-14/h6,9,13H,4-5,7-8,10-11,16H2,1-3H3. The first-order chi connectivity index (χ1) is 8.52. The van der Waals surface area contributed by atoms with Crippen molar-refractivity contribution in [3.8, 4) is 0 Å². The Bertz CT molecular complexity index is 374. The Morgan fingerprint density at radius 2 is 2.06 bits per heavy atom. The van der Waals surface area contributed by atoms with Gasteiger partial charge in [0.1, 0.15) is 5.76 Å². The van der Waals surface area contributed by atoms with Crippen LogP contribution >= 0.6 is 0 Å². The average molecular weight is 250 g/mol. The highest BCUT2D eigenvalue weighted by molar-refractivity contribution is 5.16. The maximum atomic E-state index is 5.71. The second kappa shape index (κ2) is 5.45. The third-order valence-electron chi connectivity index (χ3n) is 4.38. The Balaban J connectivity index is 1.91. The molecule has 18 heavy (non-hydrogen) atoms. The first-order valence-electron chi connectivity index (χ1n) is 6.97. The molecule has 2 rings (SSSR count). The van der Waals surface area contributed by atoms with Crippen LogP contribution in [0.15, 0.2) is 16.7 Å². The summed E-state index contributed by atoms with van der Waals surface area (Å²) in [5.41, 5.74) is 7.38. The van der Waals surface area contributed by atoms with Crippen LogP contribution in [-0.2, 0) is 13.1 Å². The molecule has 0 spiro atoms. The maximum Gasteiger partial charge on any atom is 0.122 e. The van der Waals surface area contributed by atoms with E-state index < -0.39 is 0 Å². The SMILES string of the molecule is CN(Cc1occc1CN)C1CCC(C)(C)CC1. The lowest BCUT2D eigenvalue weighted by Gasteiger charge is -2.38. The largest absolute Gasteiger partial charge is 0.468 e. The highest BCUT2D eigenvalue weighted by Gasteiger charge is 2.29. The van der Waals surface area contributed by atoms with Crippen LogP contribution in [0.1, 0.15) is 50.9 Å². The van der Waals surface area contributed by atoms with Crippen molar-refractivity contribution in [1.29, 1.82) is 0 Å². The van der Waals surface area contributed by atoms with Crippen molar-refractivity contribution in [2.45, 2.75) is 58.7 Å². The van der Waals surface area contributed by atoms with Gasteiger partial charge in [-0.05, 0) is 44.2 Å². The van der Waals surface area contributed by atoms with E-state index in [2.05, 4.69) is 25.8 Å². The number of nitrogens with zero attached hydrogens (tertiary/aromatic N) is 1. The van der Waals surface area contributed by atoms with Crippen LogP contribution in [0.25, 0.3) is 0 Å². The molecular weight excluding hydrogens is 224 g/mol. The molecule has 0 aliphatic heterocycles. The van der Waals surface area contributed by atoms with Gasteiger partial charge >= 0.3 is 0 Å². The van der Waals surface area contributed by atoms with E-state index in [-0.39, 0.29) is 0 Å². The molecule has 0 unspecified atom stereocenters. The van der Waals surface area contributed by atoms with Crippen LogP contribution < -0.4 is 5.73 Å². The van der Waals surface area contributed by atoms with Gasteiger partial charge in [0.2, 0.25) is 0 Å². The molecule has 0 bridgehead atoms. The van der Waals surface area contributed by atoms with Gasteiger partial charge < -0.3 is 10.2 Å². The van der Waals surface area contributed by atoms with Crippen LogP contribution in [0.2, 0.25) is 0 Å². The number of hydrogen-bond acceptors (Lipinski definition) is 3. The molecule has 0 saturated heterocycles. The van der Waals surface area contributed by atoms with Gasteiger partial charge in [0.25, 0.3) is 0 Å². The van der Waals surface area contributed by atoms with Crippen molar-refractivity contribution in [1.82, 2.24) is 4.90 Å². The second-order valence-electron chi connectivity index (χ2n) is 6.38. The van der Waals surface area contributed by atoms with E-state index in [4.69, 9.17) is 10.2 Å². The molecule has 3 heteroatoms. The lowest BCUT2D eigenvalue weighted by molar-refractivity contribution is 0.117. The quantitative estimate of drug-likeness (QED) is 0.892. The summed E-state index contributed by atoms with van der Waals surface area (Å²) in [5.74, 6) is 1.03. The van der Waals surface area contributed by atoms with Gasteiger partial charge in [-0.25, -0.2) is 0 Å². The van der Waals surface area contributed by atoms with E-state index in [1.807, 2.05) is 6.07 Å². The topological polar surface area (TPSA) is 42.4 Å². The molecule has 0 aromatic carbocycles. The van der Waals surface area contributed by atoms with Gasteiger partial charge in [0.15, 0.2) is 0 Å². The van der Waals surface area contributed by atoms with Gasteiger partial charge in [-0.1, -0.05) is 13.8 Å². The van der Waals surface area contributed by atoms with Crippen LogP contribution in [0, 0.1) is 5.41 Å². The Hall–Kier alpha value is -0.800. The molecule has 1 aliphatic carbocycles. The minimum absolute atomic E-state index is 0.532. The molecule has 0 atom stereocenters. The van der Waals surface area contributed by atoms with Gasteiger partial charge in [-0.3, -0.25) is 4.90 Å². The third-order valence-corrected chi connectivity index (χ3v) is 4.38. The van der Waals surface area contributed by atoms with E-state index in [1.54, 1.807) is 6.26 Å². The zero-order valence-electron chi connectivity index (χ0n) is 11.9. The predicted octanol–water partition coefficient (Wildman–Crippen LogP) is 3.14. The summed E-state index contributed by atoms with van der Waals surface area (Å²) in [4.78, 5) is 2.42. The number of rotatable bonds is 4. The van der Waals surface area contributed by atoms with E-state index in [1.165, 1.54) is 25.7 Å². The molecule has 102 valence electrons. The fourth-order valence-electron chi connectivity index (χ4n) is 2.87. The first kappa shape index (κ1) is 13.6. The Kier molecular flexibility index (Phi) is 4.13. The minimum Gasteiger partial charge on any atom is -0.468 e. The second-order valence-corrected chi connectivity index (χ2v) is 6.38. The molecule has 1 aromatic heterocycles. The Morgan fingerprint density at radius 3 is 2.67 bits per heavy atom. The zero-order valence-corrected chi connectivity index (χ0v) is 11.9. The highest BCUT2D eigenvalue weighted by Crippen LogP contribution is 2.36. The molecular formula is C15H26N2O. The monoisotopic (exact) mass is 250 g/mol. The van der Waals surface area contributed by atoms with Crippen LogP contribution in [0.4, 0.5) is 0 Å². The third kappa shape index (κ3) is 3.15. The zero-order chi connectivity index (χ0) is 13.2. The molecule has 2 N–H and O–H groups in total. The van der Waals surface area contributed by atoms with Crippen molar-refractivity contribution in [3.63, 3.8) is 0 Å². The summed E-state index contributed by atoms with van der Waals surface area (Å²) in [6.07, 6.45) is 6.98. The highest BCUT2D eigenvalue weighted by atomic mass is 16.3. The van der Waals surface area contributed by atoms with Gasteiger partial charge in [-0.2, -0.15) is 0 Å². The molecule has 0 radical (unpaired) electrons. The summed E-state index contributed by atoms with van der Waals surface area (Å²) in [5, 5.41) is 0. The van der Waals surface area contributed by atoms with Gasteiger partial charge in [0.05, 0.1) is 12.8 Å². The van der Waals surface area contributed by atoms with Crippen molar-refractivity contribution < 1.29 is 4.42 Å². The Morgan fingerprint density at radius 1 is 1.39 bits per heavy atom. The Labute approximate surface area is 110 Å². The summed E-state index contributed by atoms with van der Waals surface area (Å²) >= 11 is 0. The average Bonchev–Trinajstić information content (AvgIpc) is 2.76. The van der Waals surface area contributed by atoms with Gasteiger partial charge in [-0.15, -0.1) is 0 Å². The molecule has 3 nitrogen and oxygen atoms in total. The summed E-state index contributed by atoms with van der Waals surface area (Å²) in [6, 6.07) is 2.67. The summed E-state index contributed by atoms with van der Waals surface area (Å²) < 4.78 is 5.54. The van der Waals surface area contributed by atoms with Crippen LogP contribution in [0.5, 0.6) is 0 Å². The van der Waals surface area contributed by atoms with Gasteiger partial charge in [0, 0.05) is 18.2 Å². The van der Waals surface area contributed by atoms with E-state index in [9.17, 15) is 0 Å². The minimum atomic E-state index is 0.532. The number of hydrogen-bond donors (Lipinski definition) is 1. The fraction of sp³-hybridized carbons (Fsp3) is 0.733. The maximum absolute atomic E-state index is 5.71. The van der Waals surface area contributed by atoms with Crippen LogP contribution in [-0.4, -0.2) is 18.0 Å². The molecule has 1 aliphatic rings. The lowest BCUT2D eigenvalue weighted by Crippen LogP contribution is -2.36. The van der Waals surface area contributed by atoms with Crippen LogP contribution in [0.3, 0.4) is 0 Å². The van der Waals surface area contributed by atoms with Crippen molar-refractivity contribution >= 4 is 0 Å². The van der Waals surface area contributed by atoms with Crippen molar-refractivity contribution in [2.75, 3.05) is 7.05 Å². The molecule has 1 saturated carbocycles. The number of nitrogens with two attached hydrogens (primary N) is 1. The van der Waals surface area contributed by atoms with E-state index >= 15 is 0 Å². The van der Waals surface area contributed by atoms with Crippen molar-refractivity contribution in [3.05, 3.63) is 23.7 Å². The molecule has 1 heterocycles. The smallest absolute Gasteiger partial charge is 0.122 e. The van der Waals surface area contributed by atoms with E-state index in [0.29, 0.717) is 18.0 Å². The summed E-state index contributed by atoms with van der Waals surface area (Å²) in [7, 11) is 2.20. The fourth-order valence-corrected chi connectivity index (χ4v) is 2.87. The molecule has 0 amide bonds. The van der Waals surface area contributed by atoms with Crippen molar-refractivity contribution in [2.24, 2.45) is 11.1 Å². The normalized spacial score (nSPS) is 20.5. The number of furan rings is 1. The molecule has 1 aromatic rings. The molecule has 1 fully saturated rings. The first-order valence-corrected chi connectivity index (χ1v) is 6.97. The predicted molar refractivity (Wildman–Crippen MR) is 74.1 cm³/mol. The summed E-state index contributed by atoms with van der Waals surface area (Å²) in [6.45, 7) is 6.20. The lowest BCUT2D eigenvalue weighted by atomic mass is 9.75. The van der Waals surface area contributed by atoms with E-state index in [0.717, 1.165) is 17.9 Å².